The van der Waals surface area contributed by atoms with Gasteiger partial charge in [-0.2, -0.15) is 0 Å². The van der Waals surface area contributed by atoms with Crippen LogP contribution in [0.25, 0.3) is 6.08 Å². The van der Waals surface area contributed by atoms with Crippen molar-refractivity contribution in [3.8, 4) is 11.5 Å². The van der Waals surface area contributed by atoms with Gasteiger partial charge >= 0.3 is 0 Å². The van der Waals surface area contributed by atoms with Crippen molar-refractivity contribution in [3.05, 3.63) is 88.6 Å². The lowest BCUT2D eigenvalue weighted by molar-refractivity contribution is -0.127. The minimum absolute atomic E-state index is 0.0563. The van der Waals surface area contributed by atoms with Crippen molar-refractivity contribution in [2.24, 2.45) is 0 Å². The maximum Gasteiger partial charge on any atom is 0.294 e. The van der Waals surface area contributed by atoms with Gasteiger partial charge in [0.25, 0.3) is 17.1 Å². The third kappa shape index (κ3) is 7.02. The van der Waals surface area contributed by atoms with Crippen LogP contribution in [0.5, 0.6) is 11.5 Å². The average Bonchev–Trinajstić information content (AvgIpc) is 3.16. The first-order chi connectivity index (χ1) is 18.7. The highest BCUT2D eigenvalue weighted by atomic mass is 32.2. The second-order valence-electron chi connectivity index (χ2n) is 8.41. The number of rotatable bonds is 9. The number of carbonyl (C=O) groups excluding carboxylic acids is 4. The molecular formula is C28H24FN3O6S. The van der Waals surface area contributed by atoms with Gasteiger partial charge in [0.15, 0.2) is 18.1 Å². The largest absolute Gasteiger partial charge is 0.493 e. The van der Waals surface area contributed by atoms with Crippen LogP contribution < -0.4 is 20.1 Å². The summed E-state index contributed by atoms with van der Waals surface area (Å²) in [6, 6.07) is 17.5. The Kier molecular flexibility index (Phi) is 8.62. The molecule has 0 unspecified atom stereocenters. The second kappa shape index (κ2) is 12.3. The van der Waals surface area contributed by atoms with E-state index in [1.165, 1.54) is 31.4 Å². The Balaban J connectivity index is 1.46. The fourth-order valence-electron chi connectivity index (χ4n) is 3.62. The van der Waals surface area contributed by atoms with Crippen LogP contribution in [-0.2, 0) is 14.4 Å². The molecule has 0 bridgehead atoms. The highest BCUT2D eigenvalue weighted by Gasteiger charge is 2.36. The molecule has 39 heavy (non-hydrogen) atoms. The summed E-state index contributed by atoms with van der Waals surface area (Å²) < 4.78 is 24.5. The van der Waals surface area contributed by atoms with Crippen molar-refractivity contribution in [1.29, 1.82) is 0 Å². The number of nitrogens with one attached hydrogen (secondary N) is 2. The molecule has 0 spiro atoms. The highest BCUT2D eigenvalue weighted by molar-refractivity contribution is 8.18. The zero-order valence-corrected chi connectivity index (χ0v) is 21.8. The fraction of sp³-hybridized carbons (Fsp3) is 0.143. The van der Waals surface area contributed by atoms with Crippen molar-refractivity contribution >= 4 is 52.2 Å². The van der Waals surface area contributed by atoms with Crippen LogP contribution in [0.3, 0.4) is 0 Å². The zero-order valence-electron chi connectivity index (χ0n) is 21.0. The van der Waals surface area contributed by atoms with E-state index in [1.807, 2.05) is 19.1 Å². The third-order valence-electron chi connectivity index (χ3n) is 5.48. The number of imide groups is 1. The van der Waals surface area contributed by atoms with Gasteiger partial charge in [0, 0.05) is 16.9 Å². The van der Waals surface area contributed by atoms with Gasteiger partial charge < -0.3 is 20.1 Å². The summed E-state index contributed by atoms with van der Waals surface area (Å²) in [6.07, 6.45) is 1.44. The molecule has 0 aliphatic carbocycles. The molecule has 1 fully saturated rings. The first kappa shape index (κ1) is 27.4. The molecule has 0 aromatic heterocycles. The number of aryl methyl sites for hydroxylation is 1. The van der Waals surface area contributed by atoms with Crippen LogP contribution in [0.2, 0.25) is 0 Å². The number of para-hydroxylation sites is 1. The molecule has 1 heterocycles. The Hall–Kier alpha value is -4.64. The molecule has 0 saturated carbocycles. The van der Waals surface area contributed by atoms with E-state index in [0.29, 0.717) is 28.8 Å². The lowest BCUT2D eigenvalue weighted by Crippen LogP contribution is -2.36. The van der Waals surface area contributed by atoms with E-state index in [4.69, 9.17) is 9.47 Å². The van der Waals surface area contributed by atoms with E-state index in [-0.39, 0.29) is 22.9 Å². The maximum atomic E-state index is 13.4. The molecule has 4 amide bonds. The van der Waals surface area contributed by atoms with E-state index < -0.39 is 35.3 Å². The van der Waals surface area contributed by atoms with Gasteiger partial charge in [-0.25, -0.2) is 4.39 Å². The molecular weight excluding hydrogens is 525 g/mol. The summed E-state index contributed by atoms with van der Waals surface area (Å²) in [5.74, 6) is -1.75. The Bertz CT molecular complexity index is 1460. The first-order valence-electron chi connectivity index (χ1n) is 11.7. The molecule has 0 radical (unpaired) electrons. The Morgan fingerprint density at radius 3 is 2.41 bits per heavy atom. The van der Waals surface area contributed by atoms with E-state index in [0.717, 1.165) is 16.5 Å². The van der Waals surface area contributed by atoms with Gasteiger partial charge in [0.2, 0.25) is 5.91 Å². The highest BCUT2D eigenvalue weighted by Crippen LogP contribution is 2.37. The Morgan fingerprint density at radius 2 is 1.69 bits per heavy atom. The molecule has 3 aromatic rings. The fourth-order valence-corrected chi connectivity index (χ4v) is 4.45. The molecule has 9 nitrogen and oxygen atoms in total. The van der Waals surface area contributed by atoms with Crippen LogP contribution in [0.1, 0.15) is 11.1 Å². The number of methoxy groups -OCH3 is 1. The van der Waals surface area contributed by atoms with Crippen molar-refractivity contribution < 1.29 is 33.0 Å². The summed E-state index contributed by atoms with van der Waals surface area (Å²) >= 11 is 0.660. The number of thioether (sulfide) groups is 1. The molecule has 200 valence electrons. The Morgan fingerprint density at radius 1 is 0.974 bits per heavy atom. The number of hydrogen-bond acceptors (Lipinski definition) is 7. The minimum Gasteiger partial charge on any atom is -0.493 e. The van der Waals surface area contributed by atoms with E-state index >= 15 is 0 Å². The number of halogens is 1. The standard InChI is InChI=1S/C28H24FN3O6S/c1-17-9-11-20(12-10-17)30-25(34)16-38-26-18(5-3-8-22(26)37-2)13-23-27(35)32(28(36)39-23)15-24(33)31-21-7-4-6-19(29)14-21/h3-14H,15-16H2,1-2H3,(H,30,34)(H,31,33)/b23-13+. The normalized spacial score (nSPS) is 13.9. The van der Waals surface area contributed by atoms with Gasteiger partial charge in [0.05, 0.1) is 12.0 Å². The van der Waals surface area contributed by atoms with Crippen LogP contribution in [-0.4, -0.2) is 48.1 Å². The van der Waals surface area contributed by atoms with Crippen LogP contribution in [0.15, 0.2) is 71.6 Å². The smallest absolute Gasteiger partial charge is 0.294 e. The number of amides is 4. The number of nitrogens with zero attached hydrogens (tertiary/aromatic N) is 1. The van der Waals surface area contributed by atoms with Gasteiger partial charge in [-0.05, 0) is 61.2 Å². The van der Waals surface area contributed by atoms with Gasteiger partial charge in [0.1, 0.15) is 12.4 Å². The number of ether oxygens (including phenoxy) is 2. The maximum absolute atomic E-state index is 13.4. The SMILES string of the molecule is COc1cccc(/C=C2/SC(=O)N(CC(=O)Nc3cccc(F)c3)C2=O)c1OCC(=O)Nc1ccc(C)cc1. The summed E-state index contributed by atoms with van der Waals surface area (Å²) in [5, 5.41) is 4.56. The molecule has 3 aromatic carbocycles. The number of benzene rings is 3. The molecule has 1 aliphatic heterocycles. The Labute approximate surface area is 228 Å². The van der Waals surface area contributed by atoms with E-state index in [1.54, 1.807) is 30.3 Å². The predicted octanol–water partition coefficient (Wildman–Crippen LogP) is 4.84. The van der Waals surface area contributed by atoms with Crippen molar-refractivity contribution in [2.45, 2.75) is 6.92 Å². The van der Waals surface area contributed by atoms with Crippen LogP contribution in [0.4, 0.5) is 20.6 Å². The number of hydrogen-bond donors (Lipinski definition) is 2. The molecule has 1 saturated heterocycles. The predicted molar refractivity (Wildman–Crippen MR) is 146 cm³/mol. The van der Waals surface area contributed by atoms with Crippen LogP contribution >= 0.6 is 11.8 Å². The molecule has 11 heteroatoms. The van der Waals surface area contributed by atoms with Crippen molar-refractivity contribution in [2.75, 3.05) is 30.9 Å². The van der Waals surface area contributed by atoms with Crippen LogP contribution in [0, 0.1) is 12.7 Å². The zero-order chi connectivity index (χ0) is 27.9. The summed E-state index contributed by atoms with van der Waals surface area (Å²) in [6.45, 7) is 1.06. The summed E-state index contributed by atoms with van der Waals surface area (Å²) in [7, 11) is 1.43. The summed E-state index contributed by atoms with van der Waals surface area (Å²) in [4.78, 5) is 51.2. The van der Waals surface area contributed by atoms with E-state index in [2.05, 4.69) is 10.6 Å². The first-order valence-corrected chi connectivity index (χ1v) is 12.5. The molecule has 2 N–H and O–H groups in total. The van der Waals surface area contributed by atoms with Gasteiger partial charge in [-0.3, -0.25) is 24.1 Å². The lowest BCUT2D eigenvalue weighted by atomic mass is 10.1. The number of carbonyl (C=O) groups is 4. The van der Waals surface area contributed by atoms with Crippen molar-refractivity contribution in [1.82, 2.24) is 4.90 Å². The van der Waals surface area contributed by atoms with E-state index in [9.17, 15) is 23.6 Å². The molecule has 0 atom stereocenters. The quantitative estimate of drug-likeness (QED) is 0.367. The number of anilines is 2. The minimum atomic E-state index is -0.676. The topological polar surface area (TPSA) is 114 Å². The second-order valence-corrected chi connectivity index (χ2v) is 9.40. The monoisotopic (exact) mass is 549 g/mol. The third-order valence-corrected chi connectivity index (χ3v) is 6.39. The van der Waals surface area contributed by atoms with Gasteiger partial charge in [-0.15, -0.1) is 0 Å². The summed E-state index contributed by atoms with van der Waals surface area (Å²) in [5.41, 5.74) is 2.27. The van der Waals surface area contributed by atoms with Crippen molar-refractivity contribution in [3.63, 3.8) is 0 Å². The lowest BCUT2D eigenvalue weighted by Gasteiger charge is -2.14. The molecule has 4 rings (SSSR count). The average molecular weight is 550 g/mol. The molecule has 1 aliphatic rings. The van der Waals surface area contributed by atoms with Gasteiger partial charge in [-0.1, -0.05) is 35.9 Å².